The molecule has 13 heavy (non-hydrogen) atoms. The van der Waals surface area contributed by atoms with Gasteiger partial charge in [0.05, 0.1) is 6.61 Å². The number of esters is 1. The summed E-state index contributed by atoms with van der Waals surface area (Å²) in [4.78, 5) is 10.9. The molecule has 0 radical (unpaired) electrons. The molecular weight excluding hydrogens is 166 g/mol. The number of rotatable bonds is 6. The van der Waals surface area contributed by atoms with Crippen LogP contribution in [0.15, 0.2) is 11.8 Å². The van der Waals surface area contributed by atoms with Gasteiger partial charge in [-0.1, -0.05) is 19.8 Å². The van der Waals surface area contributed by atoms with Crippen LogP contribution < -0.4 is 5.73 Å². The predicted octanol–water partition coefficient (Wildman–Crippen LogP) is 1.97. The van der Waals surface area contributed by atoms with Gasteiger partial charge in [0, 0.05) is 11.8 Å². The molecule has 76 valence electrons. The second-order valence-electron chi connectivity index (χ2n) is 2.93. The number of hydrogen-bond donors (Lipinski definition) is 1. The number of hydrogen-bond acceptors (Lipinski definition) is 3. The Labute approximate surface area is 79.9 Å². The molecular formula is C10H19NO2. The Balaban J connectivity index is 3.67. The monoisotopic (exact) mass is 185 g/mol. The van der Waals surface area contributed by atoms with Crippen molar-refractivity contribution in [2.24, 2.45) is 5.73 Å². The van der Waals surface area contributed by atoms with E-state index in [1.54, 1.807) is 6.92 Å². The molecule has 0 aliphatic carbocycles. The largest absolute Gasteiger partial charge is 0.463 e. The number of carbonyl (C=O) groups is 1. The van der Waals surface area contributed by atoms with E-state index >= 15 is 0 Å². The molecule has 0 saturated heterocycles. The van der Waals surface area contributed by atoms with Crippen molar-refractivity contribution in [3.8, 4) is 0 Å². The fraction of sp³-hybridized carbons (Fsp3) is 0.700. The van der Waals surface area contributed by atoms with Gasteiger partial charge in [-0.25, -0.2) is 4.79 Å². The summed E-state index contributed by atoms with van der Waals surface area (Å²) in [6, 6.07) is 0. The molecule has 2 N–H and O–H groups in total. The molecule has 0 atom stereocenters. The minimum absolute atomic E-state index is 0.337. The number of carbonyl (C=O) groups excluding carboxylic acids is 1. The van der Waals surface area contributed by atoms with E-state index in [1.807, 2.05) is 0 Å². The van der Waals surface area contributed by atoms with E-state index in [9.17, 15) is 4.79 Å². The van der Waals surface area contributed by atoms with Gasteiger partial charge in [-0.2, -0.15) is 0 Å². The van der Waals surface area contributed by atoms with Gasteiger partial charge in [0.25, 0.3) is 0 Å². The highest BCUT2D eigenvalue weighted by molar-refractivity contribution is 5.82. The Morgan fingerprint density at radius 3 is 2.62 bits per heavy atom. The highest BCUT2D eigenvalue weighted by Crippen LogP contribution is 2.03. The molecule has 0 saturated carbocycles. The number of nitrogens with two attached hydrogens (primary N) is 1. The van der Waals surface area contributed by atoms with E-state index in [0.717, 1.165) is 25.7 Å². The maximum Gasteiger partial charge on any atom is 0.332 e. The molecule has 0 spiro atoms. The first-order valence-electron chi connectivity index (χ1n) is 4.83. The van der Waals surface area contributed by atoms with Crippen molar-refractivity contribution in [2.45, 2.75) is 39.5 Å². The molecule has 0 aromatic rings. The highest BCUT2D eigenvalue weighted by atomic mass is 16.5. The molecule has 3 nitrogen and oxygen atoms in total. The maximum atomic E-state index is 10.9. The molecule has 0 rings (SSSR count). The van der Waals surface area contributed by atoms with E-state index in [2.05, 4.69) is 6.92 Å². The lowest BCUT2D eigenvalue weighted by molar-refractivity contribution is -0.137. The van der Waals surface area contributed by atoms with Crippen molar-refractivity contribution < 1.29 is 9.53 Å². The summed E-state index contributed by atoms with van der Waals surface area (Å²) in [5, 5.41) is 0. The number of unbranched alkanes of at least 4 members (excludes halogenated alkanes) is 2. The third kappa shape index (κ3) is 7.37. The van der Waals surface area contributed by atoms with E-state index in [-0.39, 0.29) is 5.97 Å². The zero-order chi connectivity index (χ0) is 10.1. The molecule has 3 heteroatoms. The van der Waals surface area contributed by atoms with Gasteiger partial charge < -0.3 is 10.5 Å². The van der Waals surface area contributed by atoms with Crippen LogP contribution >= 0.6 is 0 Å². The summed E-state index contributed by atoms with van der Waals surface area (Å²) in [5.41, 5.74) is 6.22. The first kappa shape index (κ1) is 12.0. The number of ether oxygens (including phenoxy) is 1. The van der Waals surface area contributed by atoms with Gasteiger partial charge in [0.15, 0.2) is 0 Å². The molecule has 0 aromatic carbocycles. The Kier molecular flexibility index (Phi) is 7.07. The second-order valence-corrected chi connectivity index (χ2v) is 2.93. The van der Waals surface area contributed by atoms with Gasteiger partial charge in [-0.15, -0.1) is 0 Å². The van der Waals surface area contributed by atoms with Crippen LogP contribution in [0.25, 0.3) is 0 Å². The van der Waals surface area contributed by atoms with Crippen molar-refractivity contribution in [3.63, 3.8) is 0 Å². The minimum Gasteiger partial charge on any atom is -0.463 e. The van der Waals surface area contributed by atoms with Gasteiger partial charge in [0.2, 0.25) is 0 Å². The van der Waals surface area contributed by atoms with Crippen LogP contribution in [0.3, 0.4) is 0 Å². The normalized spacial score (nSPS) is 11.4. The topological polar surface area (TPSA) is 52.3 Å². The van der Waals surface area contributed by atoms with Gasteiger partial charge in [0.1, 0.15) is 0 Å². The van der Waals surface area contributed by atoms with Gasteiger partial charge in [-0.05, 0) is 19.8 Å². The first-order valence-corrected chi connectivity index (χ1v) is 4.83. The summed E-state index contributed by atoms with van der Waals surface area (Å²) in [5.74, 6) is -0.337. The molecule has 0 heterocycles. The molecule has 0 amide bonds. The third-order valence-corrected chi connectivity index (χ3v) is 1.66. The molecule has 0 aromatic heterocycles. The lowest BCUT2D eigenvalue weighted by Gasteiger charge is -2.00. The smallest absolute Gasteiger partial charge is 0.332 e. The van der Waals surface area contributed by atoms with Gasteiger partial charge in [-0.3, -0.25) is 0 Å². The van der Waals surface area contributed by atoms with E-state index in [1.165, 1.54) is 6.08 Å². The molecule has 0 bridgehead atoms. The molecule has 0 aliphatic heterocycles. The average Bonchev–Trinajstić information content (AvgIpc) is 2.05. The van der Waals surface area contributed by atoms with Crippen LogP contribution in [0.1, 0.15) is 39.5 Å². The van der Waals surface area contributed by atoms with Crippen LogP contribution in [0, 0.1) is 0 Å². The van der Waals surface area contributed by atoms with Crippen molar-refractivity contribution in [2.75, 3.05) is 6.61 Å². The van der Waals surface area contributed by atoms with Crippen LogP contribution in [0.5, 0.6) is 0 Å². The maximum absolute atomic E-state index is 10.9. The Morgan fingerprint density at radius 1 is 1.38 bits per heavy atom. The van der Waals surface area contributed by atoms with Crippen LogP contribution in [0.4, 0.5) is 0 Å². The SMILES string of the molecule is CCCCC/C(N)=C\C(=O)OCC. The van der Waals surface area contributed by atoms with Gasteiger partial charge >= 0.3 is 5.97 Å². The number of allylic oxidation sites excluding steroid dienone is 1. The Bertz CT molecular complexity index is 176. The predicted molar refractivity (Wildman–Crippen MR) is 53.0 cm³/mol. The Hall–Kier alpha value is -0.990. The summed E-state index contributed by atoms with van der Waals surface area (Å²) >= 11 is 0. The summed E-state index contributed by atoms with van der Waals surface area (Å²) in [6.45, 7) is 4.31. The van der Waals surface area contributed by atoms with E-state index in [0.29, 0.717) is 12.3 Å². The Morgan fingerprint density at radius 2 is 2.08 bits per heavy atom. The zero-order valence-electron chi connectivity index (χ0n) is 8.51. The van der Waals surface area contributed by atoms with Crippen molar-refractivity contribution in [3.05, 3.63) is 11.8 Å². The first-order chi connectivity index (χ1) is 6.20. The fourth-order valence-electron chi connectivity index (χ4n) is 0.987. The van der Waals surface area contributed by atoms with Crippen molar-refractivity contribution >= 4 is 5.97 Å². The van der Waals surface area contributed by atoms with Crippen molar-refractivity contribution in [1.29, 1.82) is 0 Å². The summed E-state index contributed by atoms with van der Waals surface area (Å²) < 4.78 is 4.72. The third-order valence-electron chi connectivity index (χ3n) is 1.66. The average molecular weight is 185 g/mol. The quantitative estimate of drug-likeness (QED) is 0.391. The highest BCUT2D eigenvalue weighted by Gasteiger charge is 1.98. The zero-order valence-corrected chi connectivity index (χ0v) is 8.51. The molecule has 0 fully saturated rings. The van der Waals surface area contributed by atoms with Crippen LogP contribution in [-0.2, 0) is 9.53 Å². The summed E-state index contributed by atoms with van der Waals surface area (Å²) in [6.07, 6.45) is 5.51. The lowest BCUT2D eigenvalue weighted by atomic mass is 10.1. The summed E-state index contributed by atoms with van der Waals surface area (Å²) in [7, 11) is 0. The molecule has 0 aliphatic rings. The van der Waals surface area contributed by atoms with Crippen LogP contribution in [0.2, 0.25) is 0 Å². The van der Waals surface area contributed by atoms with E-state index < -0.39 is 0 Å². The van der Waals surface area contributed by atoms with E-state index in [4.69, 9.17) is 10.5 Å². The van der Waals surface area contributed by atoms with Crippen molar-refractivity contribution in [1.82, 2.24) is 0 Å². The molecule has 0 unspecified atom stereocenters. The minimum atomic E-state index is -0.337. The van der Waals surface area contributed by atoms with Crippen LogP contribution in [-0.4, -0.2) is 12.6 Å². The standard InChI is InChI=1S/C10H19NO2/c1-3-5-6-7-9(11)8-10(12)13-4-2/h8H,3-7,11H2,1-2H3/b9-8+. The second kappa shape index (κ2) is 7.65. The fourth-order valence-corrected chi connectivity index (χ4v) is 0.987. The lowest BCUT2D eigenvalue weighted by Crippen LogP contribution is -2.05.